The monoisotopic (exact) mass is 684 g/mol. The Kier molecular flexibility index (Phi) is 12.3. The van der Waals surface area contributed by atoms with Gasteiger partial charge in [0.15, 0.2) is 5.13 Å². The molecule has 2 aliphatic heterocycles. The minimum atomic E-state index is -0.789. The largest absolute Gasteiger partial charge is 0.379 e. The SMILES string of the molecule is CCCOCCOCCOCCN1CCN(c2ccc(-c3ccc4c(c3)C(=O)N(C(C(=O)Nc3nccs3)c3ccccc3)C4)cn2)CC1. The first-order valence-electron chi connectivity index (χ1n) is 17.0. The molecule has 2 aromatic heterocycles. The number of benzene rings is 2. The molecular formula is C37H44N6O5S. The molecule has 4 heterocycles. The Morgan fingerprint density at radius 1 is 0.878 bits per heavy atom. The molecule has 11 nitrogen and oxygen atoms in total. The van der Waals surface area contributed by atoms with Crippen molar-refractivity contribution in [3.63, 3.8) is 0 Å². The van der Waals surface area contributed by atoms with E-state index in [1.807, 2.05) is 54.7 Å². The molecule has 6 rings (SSSR count). The molecule has 1 atom stereocenters. The Hall–Kier alpha value is -4.20. The number of aromatic nitrogens is 2. The van der Waals surface area contributed by atoms with Crippen molar-refractivity contribution < 1.29 is 23.8 Å². The van der Waals surface area contributed by atoms with Gasteiger partial charge in [-0.25, -0.2) is 9.97 Å². The van der Waals surface area contributed by atoms with Crippen LogP contribution < -0.4 is 10.2 Å². The van der Waals surface area contributed by atoms with Gasteiger partial charge < -0.3 is 24.0 Å². The van der Waals surface area contributed by atoms with E-state index in [9.17, 15) is 9.59 Å². The quantitative estimate of drug-likeness (QED) is 0.152. The fourth-order valence-corrected chi connectivity index (χ4v) is 6.63. The number of rotatable bonds is 17. The predicted octanol–water partition coefficient (Wildman–Crippen LogP) is 5.12. The van der Waals surface area contributed by atoms with Crippen LogP contribution in [0.2, 0.25) is 0 Å². The minimum absolute atomic E-state index is 0.172. The molecule has 0 radical (unpaired) electrons. The summed E-state index contributed by atoms with van der Waals surface area (Å²) in [5.74, 6) is 0.482. The van der Waals surface area contributed by atoms with Gasteiger partial charge in [-0.15, -0.1) is 11.3 Å². The van der Waals surface area contributed by atoms with Crippen LogP contribution in [0.3, 0.4) is 0 Å². The molecule has 4 aromatic rings. The van der Waals surface area contributed by atoms with Crippen LogP contribution in [0.4, 0.5) is 10.9 Å². The van der Waals surface area contributed by atoms with Crippen LogP contribution >= 0.6 is 11.3 Å². The molecule has 2 aliphatic rings. The van der Waals surface area contributed by atoms with E-state index >= 15 is 0 Å². The number of carbonyl (C=O) groups is 2. The molecule has 1 unspecified atom stereocenters. The topological polar surface area (TPSA) is 109 Å². The number of hydrogen-bond acceptors (Lipinski definition) is 10. The Bertz CT molecular complexity index is 1630. The van der Waals surface area contributed by atoms with Gasteiger partial charge in [-0.3, -0.25) is 19.8 Å². The summed E-state index contributed by atoms with van der Waals surface area (Å²) >= 11 is 1.34. The molecule has 0 bridgehead atoms. The lowest BCUT2D eigenvalue weighted by atomic mass is 10.0. The van der Waals surface area contributed by atoms with Crippen molar-refractivity contribution in [2.24, 2.45) is 0 Å². The van der Waals surface area contributed by atoms with Crippen LogP contribution in [0.25, 0.3) is 11.1 Å². The van der Waals surface area contributed by atoms with Gasteiger partial charge in [-0.05, 0) is 41.3 Å². The number of nitrogens with one attached hydrogen (secondary N) is 1. The smallest absolute Gasteiger partial charge is 0.255 e. The van der Waals surface area contributed by atoms with E-state index in [2.05, 4.69) is 39.2 Å². The van der Waals surface area contributed by atoms with Gasteiger partial charge in [-0.1, -0.05) is 49.4 Å². The first kappa shape index (κ1) is 34.7. The highest BCUT2D eigenvalue weighted by Crippen LogP contribution is 2.35. The van der Waals surface area contributed by atoms with E-state index in [1.165, 1.54) is 11.3 Å². The summed E-state index contributed by atoms with van der Waals surface area (Å²) in [5, 5.41) is 5.19. The van der Waals surface area contributed by atoms with Gasteiger partial charge in [0.25, 0.3) is 11.8 Å². The fourth-order valence-electron chi connectivity index (χ4n) is 6.10. The number of anilines is 2. The van der Waals surface area contributed by atoms with Crippen LogP contribution in [-0.4, -0.2) is 104 Å². The summed E-state index contributed by atoms with van der Waals surface area (Å²) in [6.07, 6.45) is 4.54. The highest BCUT2D eigenvalue weighted by atomic mass is 32.1. The number of piperazine rings is 1. The molecule has 2 amide bonds. The number of amides is 2. The number of carbonyl (C=O) groups excluding carboxylic acids is 2. The molecule has 0 saturated carbocycles. The first-order valence-corrected chi connectivity index (χ1v) is 17.8. The second-order valence-electron chi connectivity index (χ2n) is 12.0. The predicted molar refractivity (Wildman–Crippen MR) is 191 cm³/mol. The standard InChI is InChI=1S/C37H44N6O5S/c1-2-18-46-20-22-48-23-21-47-19-17-41-13-15-42(16-14-41)33-11-10-30(26-39-33)29-8-9-31-27-43(36(45)32(31)25-29)34(28-6-4-3-5-7-28)35(44)40-37-38-12-24-49-37/h3-12,24-26,34H,2,13-23,27H2,1H3,(H,38,40,44). The maximum atomic E-state index is 13.8. The van der Waals surface area contributed by atoms with E-state index in [4.69, 9.17) is 19.2 Å². The van der Waals surface area contributed by atoms with Crippen molar-refractivity contribution in [1.82, 2.24) is 19.8 Å². The maximum Gasteiger partial charge on any atom is 0.255 e. The highest BCUT2D eigenvalue weighted by molar-refractivity contribution is 7.13. The van der Waals surface area contributed by atoms with Crippen LogP contribution in [0.1, 0.15) is 40.9 Å². The fraction of sp³-hybridized carbons (Fsp3) is 0.405. The zero-order valence-corrected chi connectivity index (χ0v) is 28.8. The molecule has 0 spiro atoms. The van der Waals surface area contributed by atoms with Crippen molar-refractivity contribution in [2.45, 2.75) is 25.9 Å². The van der Waals surface area contributed by atoms with E-state index in [-0.39, 0.29) is 11.8 Å². The number of ether oxygens (including phenoxy) is 3. The minimum Gasteiger partial charge on any atom is -0.379 e. The summed E-state index contributed by atoms with van der Waals surface area (Å²) in [4.78, 5) is 42.7. The Morgan fingerprint density at radius 2 is 1.61 bits per heavy atom. The number of fused-ring (bicyclic) bond motifs is 1. The normalized spacial score (nSPS) is 15.4. The summed E-state index contributed by atoms with van der Waals surface area (Å²) in [6.45, 7) is 10.9. The molecule has 258 valence electrons. The molecular weight excluding hydrogens is 641 g/mol. The van der Waals surface area contributed by atoms with Crippen molar-refractivity contribution in [1.29, 1.82) is 0 Å². The van der Waals surface area contributed by atoms with Crippen molar-refractivity contribution in [2.75, 3.05) is 82.6 Å². The number of hydrogen-bond donors (Lipinski definition) is 1. The van der Waals surface area contributed by atoms with E-state index in [0.29, 0.717) is 50.3 Å². The molecule has 0 aliphatic carbocycles. The van der Waals surface area contributed by atoms with Crippen molar-refractivity contribution in [3.05, 3.63) is 95.1 Å². The number of nitrogens with zero attached hydrogens (tertiary/aromatic N) is 5. The van der Waals surface area contributed by atoms with Gasteiger partial charge in [0.05, 0.1) is 33.0 Å². The van der Waals surface area contributed by atoms with E-state index in [0.717, 1.165) is 73.8 Å². The van der Waals surface area contributed by atoms with E-state index in [1.54, 1.807) is 16.5 Å². The number of thiazole rings is 1. The average Bonchev–Trinajstić information content (AvgIpc) is 3.77. The first-order chi connectivity index (χ1) is 24.1. The second-order valence-corrected chi connectivity index (χ2v) is 12.9. The molecule has 1 N–H and O–H groups in total. The molecule has 49 heavy (non-hydrogen) atoms. The lowest BCUT2D eigenvalue weighted by Gasteiger charge is -2.35. The van der Waals surface area contributed by atoms with Gasteiger partial charge in [0.2, 0.25) is 0 Å². The summed E-state index contributed by atoms with van der Waals surface area (Å²) in [6, 6.07) is 18.7. The number of pyridine rings is 1. The second kappa shape index (κ2) is 17.5. The van der Waals surface area contributed by atoms with Crippen LogP contribution in [0.15, 0.2) is 78.4 Å². The van der Waals surface area contributed by atoms with Gasteiger partial charge >= 0.3 is 0 Å². The Labute approximate surface area is 291 Å². The summed E-state index contributed by atoms with van der Waals surface area (Å²) in [7, 11) is 0. The third kappa shape index (κ3) is 9.08. The van der Waals surface area contributed by atoms with Gasteiger partial charge in [0, 0.05) is 74.8 Å². The lowest BCUT2D eigenvalue weighted by Crippen LogP contribution is -2.47. The van der Waals surface area contributed by atoms with E-state index < -0.39 is 6.04 Å². The summed E-state index contributed by atoms with van der Waals surface area (Å²) in [5.41, 5.74) is 4.10. The molecule has 2 aromatic carbocycles. The van der Waals surface area contributed by atoms with Gasteiger partial charge in [-0.2, -0.15) is 0 Å². The molecule has 12 heteroatoms. The highest BCUT2D eigenvalue weighted by Gasteiger charge is 2.38. The van der Waals surface area contributed by atoms with Crippen LogP contribution in [0.5, 0.6) is 0 Å². The Balaban J connectivity index is 1.00. The third-order valence-corrected chi connectivity index (χ3v) is 9.39. The molecule has 1 saturated heterocycles. The van der Waals surface area contributed by atoms with Crippen LogP contribution in [0, 0.1) is 0 Å². The lowest BCUT2D eigenvalue weighted by molar-refractivity contribution is -0.120. The molecule has 1 fully saturated rings. The van der Waals surface area contributed by atoms with Crippen molar-refractivity contribution in [3.8, 4) is 11.1 Å². The Morgan fingerprint density at radius 3 is 2.31 bits per heavy atom. The average molecular weight is 685 g/mol. The zero-order valence-electron chi connectivity index (χ0n) is 28.0. The van der Waals surface area contributed by atoms with Gasteiger partial charge in [0.1, 0.15) is 11.9 Å². The van der Waals surface area contributed by atoms with Crippen LogP contribution in [-0.2, 0) is 25.5 Å². The zero-order chi connectivity index (χ0) is 33.8. The maximum absolute atomic E-state index is 13.8. The summed E-state index contributed by atoms with van der Waals surface area (Å²) < 4.78 is 16.7. The van der Waals surface area contributed by atoms with Crippen molar-refractivity contribution >= 4 is 34.1 Å². The third-order valence-electron chi connectivity index (χ3n) is 8.70.